The number of aliphatic imine (C=N–C) groups is 1. The minimum absolute atomic E-state index is 0.0781. The third kappa shape index (κ3) is 4.66. The van der Waals surface area contributed by atoms with Gasteiger partial charge in [0.05, 0.1) is 12.7 Å². The molecule has 27 heavy (non-hydrogen) atoms. The van der Waals surface area contributed by atoms with E-state index in [-0.39, 0.29) is 11.4 Å². The highest BCUT2D eigenvalue weighted by atomic mass is 32.2. The Bertz CT molecular complexity index is 812. The summed E-state index contributed by atoms with van der Waals surface area (Å²) in [6, 6.07) is 7.32. The molecule has 7 heteroatoms. The highest BCUT2D eigenvalue weighted by Gasteiger charge is 2.35. The third-order valence-corrected chi connectivity index (χ3v) is 5.39. The number of amidine groups is 2. The number of fused-ring (bicyclic) bond motifs is 1. The smallest absolute Gasteiger partial charge is 0.283 e. The van der Waals surface area contributed by atoms with Crippen molar-refractivity contribution in [3.05, 3.63) is 35.4 Å². The molecule has 2 aliphatic rings. The average molecular weight is 385 g/mol. The second kappa shape index (κ2) is 8.99. The summed E-state index contributed by atoms with van der Waals surface area (Å²) >= 11 is 1.40. The normalized spacial score (nSPS) is 17.9. The van der Waals surface area contributed by atoms with Crippen molar-refractivity contribution in [3.8, 4) is 5.75 Å². The van der Waals surface area contributed by atoms with E-state index in [4.69, 9.17) is 10.1 Å². The van der Waals surface area contributed by atoms with Crippen LogP contribution in [0.1, 0.15) is 51.0 Å². The summed E-state index contributed by atoms with van der Waals surface area (Å²) in [5, 5.41) is 15.8. The number of benzene rings is 1. The molecule has 0 saturated heterocycles. The zero-order valence-corrected chi connectivity index (χ0v) is 16.5. The van der Waals surface area contributed by atoms with Gasteiger partial charge in [-0.1, -0.05) is 44.7 Å². The first-order chi connectivity index (χ1) is 13.1. The van der Waals surface area contributed by atoms with Crippen molar-refractivity contribution in [2.75, 3.05) is 7.11 Å². The van der Waals surface area contributed by atoms with E-state index in [1.165, 1.54) is 42.5 Å². The molecule has 3 rings (SSSR count). The van der Waals surface area contributed by atoms with E-state index in [2.05, 4.69) is 17.0 Å². The van der Waals surface area contributed by atoms with Gasteiger partial charge in [-0.2, -0.15) is 15.1 Å². The van der Waals surface area contributed by atoms with Gasteiger partial charge in [0, 0.05) is 0 Å². The fourth-order valence-corrected chi connectivity index (χ4v) is 3.81. The van der Waals surface area contributed by atoms with Gasteiger partial charge in [-0.05, 0) is 48.4 Å². The van der Waals surface area contributed by atoms with E-state index in [1.807, 2.05) is 24.3 Å². The van der Waals surface area contributed by atoms with Gasteiger partial charge < -0.3 is 4.74 Å². The maximum absolute atomic E-state index is 12.4. The van der Waals surface area contributed by atoms with Crippen LogP contribution in [0.25, 0.3) is 6.08 Å². The van der Waals surface area contributed by atoms with Crippen molar-refractivity contribution in [2.24, 2.45) is 10.1 Å². The number of carbonyl (C=O) groups excluding carboxylic acids is 1. The molecule has 1 N–H and O–H groups in total. The Labute approximate surface area is 163 Å². The first kappa shape index (κ1) is 19.4. The molecule has 1 amide bonds. The molecule has 0 aliphatic carbocycles. The molecule has 0 atom stereocenters. The van der Waals surface area contributed by atoms with Crippen LogP contribution >= 0.6 is 11.8 Å². The van der Waals surface area contributed by atoms with E-state index in [0.29, 0.717) is 5.17 Å². The number of unbranched alkanes of at least 4 members (excludes halogenated alkanes) is 4. The van der Waals surface area contributed by atoms with Gasteiger partial charge in [0.2, 0.25) is 5.17 Å². The first-order valence-electron chi connectivity index (χ1n) is 9.25. The molecule has 1 aromatic carbocycles. The predicted molar refractivity (Wildman–Crippen MR) is 111 cm³/mol. The number of methoxy groups -OCH3 is 1. The van der Waals surface area contributed by atoms with Crippen molar-refractivity contribution >= 4 is 39.8 Å². The van der Waals surface area contributed by atoms with Crippen LogP contribution in [0.15, 0.2) is 39.9 Å². The first-order valence-corrected chi connectivity index (χ1v) is 10.1. The van der Waals surface area contributed by atoms with E-state index >= 15 is 0 Å². The Morgan fingerprint density at radius 3 is 2.63 bits per heavy atom. The largest absolute Gasteiger partial charge is 0.497 e. The number of rotatable bonds is 8. The van der Waals surface area contributed by atoms with Crippen LogP contribution in [0.3, 0.4) is 0 Å². The quantitative estimate of drug-likeness (QED) is 0.522. The molecule has 0 saturated carbocycles. The van der Waals surface area contributed by atoms with Gasteiger partial charge in [0.25, 0.3) is 5.91 Å². The summed E-state index contributed by atoms with van der Waals surface area (Å²) in [6.07, 6.45) is 8.51. The molecule has 2 aliphatic heterocycles. The number of nitrogens with one attached hydrogen (secondary N) is 1. The second-order valence-electron chi connectivity index (χ2n) is 6.45. The molecular weight excluding hydrogens is 360 g/mol. The van der Waals surface area contributed by atoms with Crippen molar-refractivity contribution in [2.45, 2.75) is 45.4 Å². The van der Waals surface area contributed by atoms with Crippen LogP contribution in [0.4, 0.5) is 0 Å². The number of hydrogen-bond donors (Lipinski definition) is 1. The Hall–Kier alpha value is -2.41. The summed E-state index contributed by atoms with van der Waals surface area (Å²) < 4.78 is 5.14. The van der Waals surface area contributed by atoms with Crippen molar-refractivity contribution in [3.63, 3.8) is 0 Å². The van der Waals surface area contributed by atoms with E-state index in [0.717, 1.165) is 29.2 Å². The van der Waals surface area contributed by atoms with Crippen molar-refractivity contribution < 1.29 is 9.53 Å². The van der Waals surface area contributed by atoms with Gasteiger partial charge >= 0.3 is 0 Å². The Kier molecular flexibility index (Phi) is 6.45. The molecule has 142 valence electrons. The number of nitrogens with zero attached hydrogens (tertiary/aromatic N) is 3. The number of ether oxygens (including phenoxy) is 1. The van der Waals surface area contributed by atoms with Gasteiger partial charge in [-0.25, -0.2) is 0 Å². The van der Waals surface area contributed by atoms with Crippen LogP contribution in [0.5, 0.6) is 5.75 Å². The number of hydrogen-bond acceptors (Lipinski definition) is 5. The minimum Gasteiger partial charge on any atom is -0.497 e. The summed E-state index contributed by atoms with van der Waals surface area (Å²) in [5.74, 6) is 0.426. The topological polar surface area (TPSA) is 78.1 Å². The number of carbonyl (C=O) groups is 1. The van der Waals surface area contributed by atoms with Crippen LogP contribution < -0.4 is 4.74 Å². The zero-order chi connectivity index (χ0) is 19.2. The molecule has 0 bridgehead atoms. The molecule has 0 fully saturated rings. The molecule has 0 spiro atoms. The summed E-state index contributed by atoms with van der Waals surface area (Å²) in [4.78, 5) is 16.5. The van der Waals surface area contributed by atoms with Crippen LogP contribution in [-0.4, -0.2) is 34.1 Å². The van der Waals surface area contributed by atoms with Crippen LogP contribution in [0.2, 0.25) is 0 Å². The maximum Gasteiger partial charge on any atom is 0.283 e. The fourth-order valence-electron chi connectivity index (χ4n) is 2.88. The van der Waals surface area contributed by atoms with Gasteiger partial charge in [0.15, 0.2) is 5.84 Å². The lowest BCUT2D eigenvalue weighted by Gasteiger charge is -2.20. The number of thioether (sulfide) groups is 1. The Morgan fingerprint density at radius 1 is 1.19 bits per heavy atom. The lowest BCUT2D eigenvalue weighted by molar-refractivity contribution is -0.114. The Morgan fingerprint density at radius 2 is 1.93 bits per heavy atom. The number of amides is 1. The molecular formula is C20H24N4O2S. The lowest BCUT2D eigenvalue weighted by atomic mass is 10.1. The molecule has 2 heterocycles. The predicted octanol–water partition coefficient (Wildman–Crippen LogP) is 4.67. The Balaban J connectivity index is 1.70. The standard InChI is InChI=1S/C20H24N4O2S/c1-3-4-5-6-7-8-17-23-24-18(21)16(19(25)22-20(24)27-17)13-14-9-11-15(26-2)12-10-14/h9-13,21H,3-8H2,1-2H3/b16-13+,21-18?. The second-order valence-corrected chi connectivity index (χ2v) is 7.49. The van der Waals surface area contributed by atoms with E-state index < -0.39 is 5.91 Å². The molecule has 0 unspecified atom stereocenters. The van der Waals surface area contributed by atoms with Gasteiger partial charge in [0.1, 0.15) is 10.8 Å². The average Bonchev–Trinajstić information content (AvgIpc) is 3.08. The molecule has 1 aromatic rings. The van der Waals surface area contributed by atoms with E-state index in [9.17, 15) is 4.79 Å². The van der Waals surface area contributed by atoms with Crippen molar-refractivity contribution in [1.29, 1.82) is 5.41 Å². The summed E-state index contributed by atoms with van der Waals surface area (Å²) in [5.41, 5.74) is 1.06. The monoisotopic (exact) mass is 384 g/mol. The minimum atomic E-state index is -0.394. The SMILES string of the molecule is CCCCCCCC1=NN2C(=N)/C(=C\c3ccc(OC)cc3)C(=O)N=C2S1. The lowest BCUT2D eigenvalue weighted by Crippen LogP contribution is -2.35. The van der Waals surface area contributed by atoms with Crippen LogP contribution in [0, 0.1) is 5.41 Å². The molecule has 0 aromatic heterocycles. The fraction of sp³-hybridized carbons (Fsp3) is 0.400. The number of hydrazone groups is 1. The summed E-state index contributed by atoms with van der Waals surface area (Å²) in [6.45, 7) is 2.20. The summed E-state index contributed by atoms with van der Waals surface area (Å²) in [7, 11) is 1.61. The van der Waals surface area contributed by atoms with E-state index in [1.54, 1.807) is 13.2 Å². The van der Waals surface area contributed by atoms with Gasteiger partial charge in [-0.3, -0.25) is 10.2 Å². The maximum atomic E-state index is 12.4. The van der Waals surface area contributed by atoms with Crippen LogP contribution in [-0.2, 0) is 4.79 Å². The zero-order valence-electron chi connectivity index (χ0n) is 15.7. The van der Waals surface area contributed by atoms with Crippen molar-refractivity contribution in [1.82, 2.24) is 5.01 Å². The highest BCUT2D eigenvalue weighted by molar-refractivity contribution is 8.26. The van der Waals surface area contributed by atoms with Gasteiger partial charge in [-0.15, -0.1) is 0 Å². The highest BCUT2D eigenvalue weighted by Crippen LogP contribution is 2.30. The third-order valence-electron chi connectivity index (χ3n) is 4.42. The molecule has 0 radical (unpaired) electrons. The molecule has 6 nitrogen and oxygen atoms in total.